The minimum absolute atomic E-state index is 0.156. The summed E-state index contributed by atoms with van der Waals surface area (Å²) in [6.45, 7) is 0.356. The number of primary sulfonamides is 1. The fourth-order valence-electron chi connectivity index (χ4n) is 1.33. The van der Waals surface area contributed by atoms with Crippen LogP contribution in [-0.4, -0.2) is 28.0 Å². The largest absolute Gasteiger partial charge is 0.384 e. The van der Waals surface area contributed by atoms with Gasteiger partial charge in [-0.2, -0.15) is 0 Å². The Bertz CT molecular complexity index is 496. The number of rotatable bonds is 6. The molecule has 0 saturated heterocycles. The van der Waals surface area contributed by atoms with E-state index in [2.05, 4.69) is 5.32 Å². The van der Waals surface area contributed by atoms with Crippen LogP contribution in [-0.2, 0) is 25.3 Å². The van der Waals surface area contributed by atoms with Crippen molar-refractivity contribution < 1.29 is 17.9 Å². The van der Waals surface area contributed by atoms with E-state index in [9.17, 15) is 13.2 Å². The summed E-state index contributed by atoms with van der Waals surface area (Å²) in [7, 11) is -2.01. The van der Waals surface area contributed by atoms with Gasteiger partial charge in [0.15, 0.2) is 0 Å². The second-order valence-electron chi connectivity index (χ2n) is 3.80. The van der Waals surface area contributed by atoms with Gasteiger partial charge in [-0.05, 0) is 17.7 Å². The van der Waals surface area contributed by atoms with Crippen molar-refractivity contribution in [3.8, 4) is 0 Å². The Morgan fingerprint density at radius 2 is 1.94 bits per heavy atom. The zero-order chi connectivity index (χ0) is 13.6. The molecule has 0 atom stereocenters. The monoisotopic (exact) mass is 272 g/mol. The summed E-state index contributed by atoms with van der Waals surface area (Å²) in [4.78, 5) is 11.4. The highest BCUT2D eigenvalue weighted by Gasteiger charge is 2.06. The number of anilines is 1. The maximum atomic E-state index is 11.4. The molecule has 18 heavy (non-hydrogen) atoms. The van der Waals surface area contributed by atoms with E-state index < -0.39 is 10.0 Å². The molecule has 1 aromatic rings. The predicted octanol–water partition coefficient (Wildman–Crippen LogP) is 0.450. The van der Waals surface area contributed by atoms with Crippen molar-refractivity contribution in [2.75, 3.05) is 19.0 Å². The molecule has 0 aliphatic carbocycles. The molecule has 0 heterocycles. The maximum absolute atomic E-state index is 11.4. The molecule has 100 valence electrons. The molecule has 0 saturated carbocycles. The van der Waals surface area contributed by atoms with Crippen LogP contribution < -0.4 is 10.5 Å². The lowest BCUT2D eigenvalue weighted by atomic mass is 10.2. The smallest absolute Gasteiger partial charge is 0.226 e. The van der Waals surface area contributed by atoms with E-state index in [-0.39, 0.29) is 18.1 Å². The Kier molecular flexibility index (Phi) is 5.26. The average Bonchev–Trinajstić information content (AvgIpc) is 2.27. The van der Waals surface area contributed by atoms with Gasteiger partial charge in [-0.1, -0.05) is 12.1 Å². The summed E-state index contributed by atoms with van der Waals surface area (Å²) in [6, 6.07) is 6.48. The molecule has 1 amide bonds. The quantitative estimate of drug-likeness (QED) is 0.785. The van der Waals surface area contributed by atoms with Crippen LogP contribution in [0.15, 0.2) is 24.3 Å². The Morgan fingerprint density at radius 3 is 2.44 bits per heavy atom. The van der Waals surface area contributed by atoms with Gasteiger partial charge in [0, 0.05) is 12.8 Å². The zero-order valence-corrected chi connectivity index (χ0v) is 10.9. The van der Waals surface area contributed by atoms with Gasteiger partial charge in [-0.25, -0.2) is 13.6 Å². The number of hydrogen-bond donors (Lipinski definition) is 2. The van der Waals surface area contributed by atoms with Crippen LogP contribution >= 0.6 is 0 Å². The molecule has 0 bridgehead atoms. The Morgan fingerprint density at radius 1 is 1.33 bits per heavy atom. The highest BCUT2D eigenvalue weighted by atomic mass is 32.2. The first-order valence-electron chi connectivity index (χ1n) is 5.29. The van der Waals surface area contributed by atoms with Gasteiger partial charge in [-0.3, -0.25) is 4.79 Å². The van der Waals surface area contributed by atoms with E-state index in [4.69, 9.17) is 9.88 Å². The molecule has 0 spiro atoms. The number of carbonyl (C=O) groups is 1. The van der Waals surface area contributed by atoms with Crippen LogP contribution in [0.3, 0.4) is 0 Å². The number of ether oxygens (including phenoxy) is 1. The molecule has 0 aromatic heterocycles. The number of benzene rings is 1. The molecule has 7 heteroatoms. The van der Waals surface area contributed by atoms with Crippen molar-refractivity contribution in [2.24, 2.45) is 5.14 Å². The Balaban J connectivity index is 2.58. The van der Waals surface area contributed by atoms with Crippen LogP contribution in [0.1, 0.15) is 12.0 Å². The third-order valence-corrected chi connectivity index (χ3v) is 2.87. The fraction of sp³-hybridized carbons (Fsp3) is 0.364. The summed E-state index contributed by atoms with van der Waals surface area (Å²) in [6.07, 6.45) is 0.273. The van der Waals surface area contributed by atoms with Gasteiger partial charge >= 0.3 is 0 Å². The van der Waals surface area contributed by atoms with E-state index in [0.29, 0.717) is 17.9 Å². The molecule has 0 unspecified atom stereocenters. The van der Waals surface area contributed by atoms with Crippen molar-refractivity contribution in [2.45, 2.75) is 12.2 Å². The minimum Gasteiger partial charge on any atom is -0.384 e. The molecular formula is C11H16N2O4S. The van der Waals surface area contributed by atoms with Crippen LogP contribution in [0, 0.1) is 0 Å². The SMILES string of the molecule is COCCC(=O)Nc1ccc(CS(N)(=O)=O)cc1. The van der Waals surface area contributed by atoms with E-state index >= 15 is 0 Å². The lowest BCUT2D eigenvalue weighted by molar-refractivity contribution is -0.117. The van der Waals surface area contributed by atoms with Gasteiger partial charge in [0.2, 0.25) is 15.9 Å². The Labute approximate surface area is 106 Å². The minimum atomic E-state index is -3.53. The molecule has 1 rings (SSSR count). The molecule has 0 aliphatic rings. The van der Waals surface area contributed by atoms with E-state index in [1.54, 1.807) is 24.3 Å². The lowest BCUT2D eigenvalue weighted by Crippen LogP contribution is -2.15. The van der Waals surface area contributed by atoms with Crippen molar-refractivity contribution >= 4 is 21.6 Å². The van der Waals surface area contributed by atoms with E-state index in [1.807, 2.05) is 0 Å². The highest BCUT2D eigenvalue weighted by molar-refractivity contribution is 7.88. The van der Waals surface area contributed by atoms with Crippen molar-refractivity contribution in [3.63, 3.8) is 0 Å². The predicted molar refractivity (Wildman–Crippen MR) is 68.4 cm³/mol. The van der Waals surface area contributed by atoms with Gasteiger partial charge in [0.25, 0.3) is 0 Å². The van der Waals surface area contributed by atoms with Crippen molar-refractivity contribution in [1.82, 2.24) is 0 Å². The van der Waals surface area contributed by atoms with Crippen molar-refractivity contribution in [3.05, 3.63) is 29.8 Å². The summed E-state index contributed by atoms with van der Waals surface area (Å²) in [5.41, 5.74) is 1.18. The lowest BCUT2D eigenvalue weighted by Gasteiger charge is -2.06. The second kappa shape index (κ2) is 6.48. The number of sulfonamides is 1. The first kappa shape index (κ1) is 14.6. The number of nitrogens with two attached hydrogens (primary N) is 1. The third-order valence-electron chi connectivity index (χ3n) is 2.14. The molecule has 0 radical (unpaired) electrons. The van der Waals surface area contributed by atoms with Crippen molar-refractivity contribution in [1.29, 1.82) is 0 Å². The van der Waals surface area contributed by atoms with E-state index in [1.165, 1.54) is 7.11 Å². The zero-order valence-electron chi connectivity index (χ0n) is 10.0. The van der Waals surface area contributed by atoms with Crippen LogP contribution in [0.2, 0.25) is 0 Å². The topological polar surface area (TPSA) is 98.5 Å². The van der Waals surface area contributed by atoms with E-state index in [0.717, 1.165) is 0 Å². The number of nitrogens with one attached hydrogen (secondary N) is 1. The van der Waals surface area contributed by atoms with Gasteiger partial charge in [-0.15, -0.1) is 0 Å². The molecular weight excluding hydrogens is 256 g/mol. The summed E-state index contributed by atoms with van der Waals surface area (Å²) in [5, 5.41) is 7.60. The summed E-state index contributed by atoms with van der Waals surface area (Å²) >= 11 is 0. The maximum Gasteiger partial charge on any atom is 0.226 e. The molecule has 3 N–H and O–H groups in total. The molecule has 0 aliphatic heterocycles. The first-order valence-corrected chi connectivity index (χ1v) is 7.00. The van der Waals surface area contributed by atoms with Crippen LogP contribution in [0.5, 0.6) is 0 Å². The van der Waals surface area contributed by atoms with Crippen LogP contribution in [0.4, 0.5) is 5.69 Å². The van der Waals surface area contributed by atoms with Crippen LogP contribution in [0.25, 0.3) is 0 Å². The standard InChI is InChI=1S/C11H16N2O4S/c1-17-7-6-11(14)13-10-4-2-9(3-5-10)8-18(12,15)16/h2-5H,6-8H2,1H3,(H,13,14)(H2,12,15,16). The number of amides is 1. The number of carbonyl (C=O) groups excluding carboxylic acids is 1. The molecule has 1 aromatic carbocycles. The second-order valence-corrected chi connectivity index (χ2v) is 5.41. The molecule has 0 fully saturated rings. The summed E-state index contributed by atoms with van der Waals surface area (Å²) < 4.78 is 26.5. The van der Waals surface area contributed by atoms with Gasteiger partial charge in [0.05, 0.1) is 18.8 Å². The molecule has 6 nitrogen and oxygen atoms in total. The number of hydrogen-bond acceptors (Lipinski definition) is 4. The summed E-state index contributed by atoms with van der Waals surface area (Å²) in [5.74, 6) is -0.374. The average molecular weight is 272 g/mol. The third kappa shape index (κ3) is 5.76. The Hall–Kier alpha value is -1.44. The highest BCUT2D eigenvalue weighted by Crippen LogP contribution is 2.11. The normalized spacial score (nSPS) is 11.2. The number of methoxy groups -OCH3 is 1. The van der Waals surface area contributed by atoms with Gasteiger partial charge < -0.3 is 10.1 Å². The first-order chi connectivity index (χ1) is 8.40. The fourth-order valence-corrected chi connectivity index (χ4v) is 1.99. The van der Waals surface area contributed by atoms with Gasteiger partial charge in [0.1, 0.15) is 0 Å².